The Morgan fingerprint density at radius 2 is 0.889 bits per heavy atom. The molecule has 0 unspecified atom stereocenters. The van der Waals surface area contributed by atoms with Gasteiger partial charge in [0.25, 0.3) is 12.9 Å². The standard InChI is InChI=1S/2CH2O2.2H2O.U/c2*2-1-3;;;/h2*1H,(H,2,3);2*1H2;. The average molecular weight is 366 g/mol. The molecule has 0 aromatic carbocycles. The van der Waals surface area contributed by atoms with E-state index in [1.54, 1.807) is 0 Å². The summed E-state index contributed by atoms with van der Waals surface area (Å²) >= 11 is 0. The largest absolute Gasteiger partial charge is 0.483 e. The number of rotatable bonds is 0. The molecule has 0 fully saturated rings. The molecule has 0 heterocycles. The smallest absolute Gasteiger partial charge is 0.290 e. The Labute approximate surface area is 74.9 Å². The maximum Gasteiger partial charge on any atom is 0.290 e. The van der Waals surface area contributed by atoms with Crippen LogP contribution >= 0.6 is 0 Å². The normalized spacial score (nSPS) is 2.67. The van der Waals surface area contributed by atoms with Gasteiger partial charge in [0.05, 0.1) is 0 Å². The Morgan fingerprint density at radius 1 is 0.889 bits per heavy atom. The van der Waals surface area contributed by atoms with Crippen LogP contribution in [0.2, 0.25) is 0 Å². The van der Waals surface area contributed by atoms with Crippen LogP contribution in [0, 0.1) is 31.1 Å². The quantitative estimate of drug-likeness (QED) is 0.468. The molecule has 6 nitrogen and oxygen atoms in total. The van der Waals surface area contributed by atoms with Gasteiger partial charge in [-0.15, -0.1) is 0 Å². The van der Waals surface area contributed by atoms with Crippen molar-refractivity contribution in [2.24, 2.45) is 0 Å². The minimum Gasteiger partial charge on any atom is -0.483 e. The number of hydrogen-bond acceptors (Lipinski definition) is 2. The van der Waals surface area contributed by atoms with Crippen molar-refractivity contribution in [2.45, 2.75) is 0 Å². The molecule has 7 heteroatoms. The van der Waals surface area contributed by atoms with E-state index < -0.39 is 0 Å². The van der Waals surface area contributed by atoms with Gasteiger partial charge in [0.1, 0.15) is 0 Å². The SMILES string of the molecule is O.O.O=CO.O=CO.[U]. The topological polar surface area (TPSA) is 138 Å². The summed E-state index contributed by atoms with van der Waals surface area (Å²) in [6, 6.07) is 0. The van der Waals surface area contributed by atoms with Gasteiger partial charge in [-0.2, -0.15) is 0 Å². The van der Waals surface area contributed by atoms with E-state index in [2.05, 4.69) is 0 Å². The van der Waals surface area contributed by atoms with Crippen molar-refractivity contribution < 1.29 is 61.9 Å². The second-order valence-electron chi connectivity index (χ2n) is 0.211. The van der Waals surface area contributed by atoms with Gasteiger partial charge < -0.3 is 21.2 Å². The first-order valence-corrected chi connectivity index (χ1v) is 0.988. The van der Waals surface area contributed by atoms with E-state index in [-0.39, 0.29) is 55.0 Å². The Bertz CT molecular complexity index is 32.0. The molecule has 0 aromatic rings. The van der Waals surface area contributed by atoms with Crippen molar-refractivity contribution in [3.63, 3.8) is 0 Å². The summed E-state index contributed by atoms with van der Waals surface area (Å²) < 4.78 is 0. The van der Waals surface area contributed by atoms with Crippen molar-refractivity contribution in [2.75, 3.05) is 0 Å². The van der Waals surface area contributed by atoms with Gasteiger partial charge in [-0.1, -0.05) is 0 Å². The van der Waals surface area contributed by atoms with Crippen LogP contribution in [0.15, 0.2) is 0 Å². The maximum atomic E-state index is 8.36. The first kappa shape index (κ1) is 36.5. The molecule has 0 bridgehead atoms. The molecule has 0 aromatic heterocycles. The molecule has 9 heavy (non-hydrogen) atoms. The number of carbonyl (C=O) groups is 2. The summed E-state index contributed by atoms with van der Waals surface area (Å²) in [7, 11) is 0. The van der Waals surface area contributed by atoms with E-state index in [9.17, 15) is 0 Å². The maximum absolute atomic E-state index is 8.36. The van der Waals surface area contributed by atoms with Crippen LogP contribution in [0.1, 0.15) is 0 Å². The summed E-state index contributed by atoms with van der Waals surface area (Å²) in [5.41, 5.74) is 0. The van der Waals surface area contributed by atoms with Crippen LogP contribution in [0.5, 0.6) is 0 Å². The molecular formula is C2H8O6U. The summed E-state index contributed by atoms with van der Waals surface area (Å²) in [6.07, 6.45) is 0. The van der Waals surface area contributed by atoms with Crippen LogP contribution in [0.3, 0.4) is 0 Å². The van der Waals surface area contributed by atoms with Crippen molar-refractivity contribution in [1.82, 2.24) is 0 Å². The summed E-state index contributed by atoms with van der Waals surface area (Å²) in [4.78, 5) is 16.7. The zero-order chi connectivity index (χ0) is 5.41. The fourth-order valence-corrected chi connectivity index (χ4v) is 0. The van der Waals surface area contributed by atoms with Gasteiger partial charge in [0.15, 0.2) is 0 Å². The molecule has 0 amide bonds. The van der Waals surface area contributed by atoms with Crippen LogP contribution in [-0.4, -0.2) is 34.1 Å². The third kappa shape index (κ3) is 35700. The van der Waals surface area contributed by atoms with Crippen LogP contribution in [-0.2, 0) is 9.59 Å². The minimum atomic E-state index is -0.250. The molecule has 0 rings (SSSR count). The van der Waals surface area contributed by atoms with Crippen LogP contribution < -0.4 is 0 Å². The van der Waals surface area contributed by atoms with Crippen LogP contribution in [0.4, 0.5) is 0 Å². The number of hydrogen-bond donors (Lipinski definition) is 2. The van der Waals surface area contributed by atoms with Crippen LogP contribution in [0.25, 0.3) is 0 Å². The van der Waals surface area contributed by atoms with E-state index in [1.165, 1.54) is 0 Å². The van der Waals surface area contributed by atoms with Gasteiger partial charge in [0.2, 0.25) is 0 Å². The first-order valence-electron chi connectivity index (χ1n) is 0.988. The second-order valence-corrected chi connectivity index (χ2v) is 0.211. The monoisotopic (exact) mass is 366 g/mol. The third-order valence-corrected chi connectivity index (χ3v) is 0. The van der Waals surface area contributed by atoms with Gasteiger partial charge >= 0.3 is 0 Å². The number of carboxylic acid groups (broad SMARTS) is 2. The predicted octanol–water partition coefficient (Wildman–Crippen LogP) is -2.25. The molecule has 0 atom stereocenters. The first-order chi connectivity index (χ1) is 2.83. The Hall–Kier alpha value is -0.0881. The fraction of sp³-hybridized carbons (Fsp3) is 0. The Kier molecular flexibility index (Phi) is 419. The predicted molar refractivity (Wildman–Crippen MR) is 24.6 cm³/mol. The van der Waals surface area contributed by atoms with Gasteiger partial charge in [-0.25, -0.2) is 0 Å². The molecule has 0 spiro atoms. The van der Waals surface area contributed by atoms with E-state index in [1.807, 2.05) is 0 Å². The van der Waals surface area contributed by atoms with Gasteiger partial charge in [-0.05, 0) is 0 Å². The average Bonchev–Trinajstić information content (AvgIpc) is 1.39. The zero-order valence-corrected chi connectivity index (χ0v) is 8.53. The molecule has 56 valence electrons. The Morgan fingerprint density at radius 3 is 0.889 bits per heavy atom. The molecule has 0 aliphatic rings. The van der Waals surface area contributed by atoms with Gasteiger partial charge in [0, 0.05) is 31.1 Å². The zero-order valence-electron chi connectivity index (χ0n) is 4.37. The summed E-state index contributed by atoms with van der Waals surface area (Å²) in [5, 5.41) is 13.8. The van der Waals surface area contributed by atoms with E-state index in [0.717, 1.165) is 0 Å². The molecular weight excluding hydrogens is 358 g/mol. The van der Waals surface area contributed by atoms with Crippen molar-refractivity contribution in [3.8, 4) is 0 Å². The molecule has 0 saturated heterocycles. The van der Waals surface area contributed by atoms with Gasteiger partial charge in [-0.3, -0.25) is 9.59 Å². The van der Waals surface area contributed by atoms with E-state index in [4.69, 9.17) is 19.8 Å². The second kappa shape index (κ2) is 103. The van der Waals surface area contributed by atoms with E-state index >= 15 is 0 Å². The minimum absolute atomic E-state index is 0. The molecule has 0 saturated carbocycles. The molecule has 6 N–H and O–H groups in total. The molecule has 0 aliphatic heterocycles. The van der Waals surface area contributed by atoms with E-state index in [0.29, 0.717) is 0 Å². The summed E-state index contributed by atoms with van der Waals surface area (Å²) in [6.45, 7) is -0.500. The fourth-order valence-electron chi connectivity index (χ4n) is 0. The van der Waals surface area contributed by atoms with Crippen molar-refractivity contribution in [3.05, 3.63) is 0 Å². The summed E-state index contributed by atoms with van der Waals surface area (Å²) in [5.74, 6) is 0. The Balaban J connectivity index is -0.00000000889. The van der Waals surface area contributed by atoms with Crippen molar-refractivity contribution in [1.29, 1.82) is 0 Å². The van der Waals surface area contributed by atoms with Crippen molar-refractivity contribution >= 4 is 12.9 Å². The third-order valence-electron chi connectivity index (χ3n) is 0. The molecule has 0 aliphatic carbocycles. The molecule has 0 radical (unpaired) electrons.